The lowest BCUT2D eigenvalue weighted by Crippen LogP contribution is -2.62. The van der Waals surface area contributed by atoms with Crippen molar-refractivity contribution in [2.24, 2.45) is 17.3 Å². The number of anilines is 1. The number of fused-ring (bicyclic) bond motifs is 6. The SMILES string of the molecule is CO[C@@H](C)c1ncc(N2CCN(C3CC3)CC2)cc1-c1c2c3cc(ccc3n1CCOC1CCOCC1)-c1csc(n1)[C@@H](N1CCCC1)[C@H](NC(=O)[C@@H]1[C@@H](C)[C@H]1c1ccccn1)C(=O)N1CCC[C@H](N1)C(=O)OCC(C)(C)C2. The Morgan fingerprint density at radius 3 is 2.51 bits per heavy atom. The maximum Gasteiger partial charge on any atom is 0.324 e. The van der Waals surface area contributed by atoms with E-state index >= 15 is 4.79 Å². The molecule has 2 aliphatic carbocycles. The summed E-state index contributed by atoms with van der Waals surface area (Å²) in [5.41, 5.74) is 11.6. The number of aromatic nitrogens is 4. The van der Waals surface area contributed by atoms with E-state index in [4.69, 9.17) is 28.9 Å². The number of thiazole rings is 1. The zero-order valence-electron chi connectivity index (χ0n) is 46.2. The topological polar surface area (TPSA) is 169 Å². The number of benzene rings is 1. The summed E-state index contributed by atoms with van der Waals surface area (Å²) in [6.45, 7) is 16.9. The highest BCUT2D eigenvalue weighted by molar-refractivity contribution is 7.10. The number of amides is 2. The Kier molecular flexibility index (Phi) is 15.5. The Balaban J connectivity index is 0.988. The quantitative estimate of drug-likeness (QED) is 0.110. The van der Waals surface area contributed by atoms with E-state index in [9.17, 15) is 9.59 Å². The monoisotopic (exact) mass is 1080 g/mol. The lowest BCUT2D eigenvalue weighted by Gasteiger charge is -2.39. The van der Waals surface area contributed by atoms with Gasteiger partial charge in [0.25, 0.3) is 5.91 Å². The van der Waals surface area contributed by atoms with Gasteiger partial charge in [0.2, 0.25) is 5.91 Å². The third-order valence-electron chi connectivity index (χ3n) is 17.8. The fraction of sp³-hybridized carbons (Fsp3) is 0.600. The largest absolute Gasteiger partial charge is 0.464 e. The van der Waals surface area contributed by atoms with E-state index in [0.717, 1.165) is 132 Å². The normalized spacial score (nSPS) is 26.9. The van der Waals surface area contributed by atoms with Gasteiger partial charge >= 0.3 is 5.97 Å². The van der Waals surface area contributed by atoms with Crippen molar-refractivity contribution < 1.29 is 33.3 Å². The molecule has 2 N–H and O–H groups in total. The second-order valence-corrected chi connectivity index (χ2v) is 24.7. The maximum absolute atomic E-state index is 15.4. The summed E-state index contributed by atoms with van der Waals surface area (Å²) in [6, 6.07) is 13.3. The Morgan fingerprint density at radius 1 is 0.949 bits per heavy atom. The number of methoxy groups -OCH3 is 1. The number of cyclic esters (lactones) is 1. The molecule has 0 unspecified atom stereocenters. The molecule has 6 bridgehead atoms. The number of carbonyl (C=O) groups excluding carboxylic acids is 3. The number of nitrogens with zero attached hydrogens (tertiary/aromatic N) is 8. The minimum absolute atomic E-state index is 0.0497. The maximum atomic E-state index is 15.4. The molecule has 4 saturated heterocycles. The second-order valence-electron chi connectivity index (χ2n) is 23.8. The van der Waals surface area contributed by atoms with Gasteiger partial charge in [-0.25, -0.2) is 10.4 Å². The van der Waals surface area contributed by atoms with Crippen LogP contribution < -0.4 is 15.6 Å². The van der Waals surface area contributed by atoms with Gasteiger partial charge in [-0.15, -0.1) is 11.3 Å². The second kappa shape index (κ2) is 22.7. The zero-order chi connectivity index (χ0) is 53.7. The van der Waals surface area contributed by atoms with Gasteiger partial charge < -0.3 is 33.7 Å². The molecule has 416 valence electrons. The summed E-state index contributed by atoms with van der Waals surface area (Å²) in [5.74, 6) is -1.20. The van der Waals surface area contributed by atoms with E-state index < -0.39 is 29.5 Å². The third kappa shape index (κ3) is 11.0. The van der Waals surface area contributed by atoms with Crippen molar-refractivity contribution >= 4 is 45.7 Å². The summed E-state index contributed by atoms with van der Waals surface area (Å²) < 4.78 is 27.3. The molecule has 6 fully saturated rings. The number of hydrogen-bond donors (Lipinski definition) is 2. The molecule has 12 rings (SSSR count). The van der Waals surface area contributed by atoms with Crippen LogP contribution in [0.2, 0.25) is 0 Å². The van der Waals surface area contributed by atoms with Crippen molar-refractivity contribution in [1.82, 2.24) is 45.1 Å². The molecule has 1 aromatic carbocycles. The minimum Gasteiger partial charge on any atom is -0.464 e. The van der Waals surface area contributed by atoms with Gasteiger partial charge in [0.1, 0.15) is 17.1 Å². The van der Waals surface area contributed by atoms with Gasteiger partial charge in [-0.3, -0.25) is 39.2 Å². The number of rotatable bonds is 13. The minimum atomic E-state index is -0.990. The smallest absolute Gasteiger partial charge is 0.324 e. The van der Waals surface area contributed by atoms with Crippen LogP contribution in [0.4, 0.5) is 5.69 Å². The van der Waals surface area contributed by atoms with Gasteiger partial charge in [-0.2, -0.15) is 0 Å². The van der Waals surface area contributed by atoms with Crippen molar-refractivity contribution in [3.05, 3.63) is 82.2 Å². The first-order valence-corrected chi connectivity index (χ1v) is 29.8. The van der Waals surface area contributed by atoms with Gasteiger partial charge in [-0.05, 0) is 120 Å². The van der Waals surface area contributed by atoms with Crippen LogP contribution in [0.3, 0.4) is 0 Å². The fourth-order valence-corrected chi connectivity index (χ4v) is 14.2. The van der Waals surface area contributed by atoms with Gasteiger partial charge in [0, 0.05) is 122 Å². The van der Waals surface area contributed by atoms with Crippen LogP contribution in [0.15, 0.2) is 60.2 Å². The van der Waals surface area contributed by atoms with Crippen LogP contribution in [0.1, 0.15) is 119 Å². The Hall–Kier alpha value is -5.34. The molecule has 7 atom stereocenters. The number of ether oxygens (including phenoxy) is 4. The van der Waals surface area contributed by atoms with E-state index in [0.29, 0.717) is 52.2 Å². The first-order valence-electron chi connectivity index (χ1n) is 28.9. The van der Waals surface area contributed by atoms with Crippen LogP contribution in [0.25, 0.3) is 33.4 Å². The molecule has 0 radical (unpaired) electrons. The Morgan fingerprint density at radius 2 is 1.76 bits per heavy atom. The summed E-state index contributed by atoms with van der Waals surface area (Å²) in [4.78, 5) is 67.3. The van der Waals surface area contributed by atoms with Crippen molar-refractivity contribution in [3.63, 3.8) is 0 Å². The number of pyridine rings is 2. The van der Waals surface area contributed by atoms with Crippen LogP contribution in [0.5, 0.6) is 0 Å². The summed E-state index contributed by atoms with van der Waals surface area (Å²) >= 11 is 1.53. The zero-order valence-corrected chi connectivity index (χ0v) is 47.0. The highest BCUT2D eigenvalue weighted by Gasteiger charge is 2.55. The van der Waals surface area contributed by atoms with Crippen LogP contribution in [-0.4, -0.2) is 156 Å². The van der Waals surface area contributed by atoms with Gasteiger partial charge in [-0.1, -0.05) is 32.9 Å². The summed E-state index contributed by atoms with van der Waals surface area (Å²) in [5, 5.41) is 8.84. The molecule has 5 aromatic rings. The molecule has 5 aliphatic heterocycles. The van der Waals surface area contributed by atoms with E-state index in [2.05, 4.69) is 92.3 Å². The van der Waals surface area contributed by atoms with Crippen LogP contribution in [0, 0.1) is 17.3 Å². The first-order chi connectivity index (χ1) is 37.9. The van der Waals surface area contributed by atoms with E-state index in [1.54, 1.807) is 18.3 Å². The standard InChI is InChI=1S/C60H78N10O7S/c1-37-50(46-11-6-7-19-61-46)51(37)56(71)64-53-55(68-20-8-9-21-68)57-63-48(35-78-57)39-13-16-49-43(31-39)45(33-60(3,4)36-77-59(73)47-12-10-22-70(65-47)58(53)72)54(69(49)27-30-76-42-17-28-75-29-18-42)44-32-41(34-62-52(44)38(2)74-5)67-25-23-66(24-26-67)40-14-15-40/h6-7,11,13,16,19,31-32,34-35,37-38,40,42,47,50-51,53,55,65H,8-10,12,14-15,17-18,20-30,33,36H2,1-5H3,(H,64,71)/t37-,38-,47-,50-,51+,53-,55-/m0/s1. The average Bonchev–Trinajstić information content (AvgIpc) is 4.45. The molecule has 18 heteroatoms. The Bertz CT molecular complexity index is 2960. The van der Waals surface area contributed by atoms with Gasteiger partial charge in [0.05, 0.1) is 60.4 Å². The van der Waals surface area contributed by atoms with Crippen LogP contribution in [-0.2, 0) is 46.3 Å². The molecule has 78 heavy (non-hydrogen) atoms. The van der Waals surface area contributed by atoms with E-state index in [1.807, 2.05) is 24.4 Å². The van der Waals surface area contributed by atoms with Crippen LogP contribution >= 0.6 is 11.3 Å². The molecule has 9 heterocycles. The number of hydrogen-bond acceptors (Lipinski definition) is 15. The number of hydrazine groups is 1. The molecular weight excluding hydrogens is 1000 g/mol. The van der Waals surface area contributed by atoms with E-state index in [-0.39, 0.29) is 48.4 Å². The fourth-order valence-electron chi connectivity index (χ4n) is 13.2. The summed E-state index contributed by atoms with van der Waals surface area (Å²) in [6.07, 6.45) is 11.5. The lowest BCUT2D eigenvalue weighted by atomic mass is 9.84. The number of esters is 1. The predicted molar refractivity (Wildman–Crippen MR) is 300 cm³/mol. The van der Waals surface area contributed by atoms with Crippen molar-refractivity contribution in [2.75, 3.05) is 84.3 Å². The first kappa shape index (κ1) is 53.3. The van der Waals surface area contributed by atoms with Crippen molar-refractivity contribution in [3.8, 4) is 22.5 Å². The molecule has 2 amide bonds. The molecule has 2 saturated carbocycles. The number of nitrogens with one attached hydrogen (secondary N) is 2. The molecule has 17 nitrogen and oxygen atoms in total. The number of carbonyl (C=O) groups is 3. The van der Waals surface area contributed by atoms with Crippen molar-refractivity contribution in [2.45, 2.75) is 134 Å². The molecule has 7 aliphatic rings. The number of piperazine rings is 1. The Labute approximate surface area is 462 Å². The third-order valence-corrected chi connectivity index (χ3v) is 18.8. The van der Waals surface area contributed by atoms with Crippen molar-refractivity contribution in [1.29, 1.82) is 0 Å². The average molecular weight is 1080 g/mol. The number of likely N-dealkylation sites (tertiary alicyclic amines) is 1. The predicted octanol–water partition coefficient (Wildman–Crippen LogP) is 7.70. The summed E-state index contributed by atoms with van der Waals surface area (Å²) in [7, 11) is 1.75. The highest BCUT2D eigenvalue weighted by Crippen LogP contribution is 2.53. The molecule has 0 spiro atoms. The molecular formula is C60H78N10O7S. The van der Waals surface area contributed by atoms with E-state index in [1.165, 1.54) is 24.2 Å². The molecule has 4 aromatic heterocycles. The lowest BCUT2D eigenvalue weighted by molar-refractivity contribution is -0.156. The highest BCUT2D eigenvalue weighted by atomic mass is 32.1. The van der Waals surface area contributed by atoms with Gasteiger partial charge in [0.15, 0.2) is 0 Å².